The number of fused-ring (bicyclic) bond motifs is 1. The fraction of sp³-hybridized carbons (Fsp3) is 0.300. The molecule has 1 aromatic heterocycles. The molecule has 18 heavy (non-hydrogen) atoms. The fourth-order valence-corrected chi connectivity index (χ4v) is 3.65. The van der Waals surface area contributed by atoms with Gasteiger partial charge < -0.3 is 4.90 Å². The van der Waals surface area contributed by atoms with E-state index in [2.05, 4.69) is 24.7 Å². The van der Waals surface area contributed by atoms with Gasteiger partial charge in [0, 0.05) is 6.54 Å². The zero-order valence-corrected chi connectivity index (χ0v) is 12.8. The molecule has 94 valence electrons. The van der Waals surface area contributed by atoms with Crippen molar-refractivity contribution in [2.75, 3.05) is 11.4 Å². The molecule has 2 aromatic rings. The molecule has 0 radical (unpaired) electrons. The van der Waals surface area contributed by atoms with Crippen LogP contribution in [0.2, 0.25) is 10.0 Å². The van der Waals surface area contributed by atoms with E-state index < -0.39 is 0 Å². The maximum absolute atomic E-state index is 12.1. The monoisotopic (exact) mass is 365 g/mol. The highest BCUT2D eigenvalue weighted by atomic mass is 79.9. The van der Waals surface area contributed by atoms with Crippen molar-refractivity contribution in [1.29, 1.82) is 0 Å². The van der Waals surface area contributed by atoms with Crippen LogP contribution < -0.4 is 4.90 Å². The molecule has 2 heterocycles. The first-order valence-electron chi connectivity index (χ1n) is 5.15. The molecule has 4 nitrogen and oxygen atoms in total. The highest BCUT2D eigenvalue weighted by Crippen LogP contribution is 2.39. The summed E-state index contributed by atoms with van der Waals surface area (Å²) in [7, 11) is 0. The number of anilines is 1. The van der Waals surface area contributed by atoms with Crippen molar-refractivity contribution in [3.8, 4) is 0 Å². The summed E-state index contributed by atoms with van der Waals surface area (Å²) in [6.45, 7) is 0.614. The van der Waals surface area contributed by atoms with E-state index in [1.807, 2.05) is 0 Å². The first kappa shape index (κ1) is 12.6. The van der Waals surface area contributed by atoms with E-state index in [9.17, 15) is 4.79 Å². The highest BCUT2D eigenvalue weighted by Gasteiger charge is 2.33. The van der Waals surface area contributed by atoms with E-state index in [1.165, 1.54) is 0 Å². The maximum atomic E-state index is 12.1. The molecule has 1 aliphatic heterocycles. The topological polar surface area (TPSA) is 46.1 Å². The molecule has 1 atom stereocenters. The molecular formula is C10H6BrCl2N3OS. The van der Waals surface area contributed by atoms with E-state index in [0.717, 1.165) is 18.1 Å². The van der Waals surface area contributed by atoms with Crippen molar-refractivity contribution in [3.05, 3.63) is 16.1 Å². The summed E-state index contributed by atoms with van der Waals surface area (Å²) in [5.41, 5.74) is 1.79. The molecule has 1 unspecified atom stereocenters. The minimum Gasteiger partial charge on any atom is -0.308 e. The molecule has 0 spiro atoms. The second kappa shape index (κ2) is 4.59. The predicted molar refractivity (Wildman–Crippen MR) is 77.1 cm³/mol. The average Bonchev–Trinajstić information content (AvgIpc) is 2.91. The number of amides is 1. The standard InChI is InChI=1S/C10H6BrCl2N3OS/c11-4-1-2-16(10(4)17)9-6(13)3-5(12)7-8(9)15-18-14-7/h3-4H,1-2H2. The van der Waals surface area contributed by atoms with Crippen molar-refractivity contribution in [2.24, 2.45) is 0 Å². The smallest absolute Gasteiger partial charge is 0.240 e. The number of nitrogens with zero attached hydrogens (tertiary/aromatic N) is 3. The lowest BCUT2D eigenvalue weighted by molar-refractivity contribution is -0.116. The number of rotatable bonds is 1. The van der Waals surface area contributed by atoms with Crippen LogP contribution in [0.25, 0.3) is 11.0 Å². The van der Waals surface area contributed by atoms with Crippen LogP contribution in [-0.4, -0.2) is 26.0 Å². The summed E-state index contributed by atoms with van der Waals surface area (Å²) in [6.07, 6.45) is 0.747. The number of carbonyl (C=O) groups excluding carboxylic acids is 1. The number of halogens is 3. The Balaban J connectivity index is 2.23. The third kappa shape index (κ3) is 1.82. The van der Waals surface area contributed by atoms with E-state index in [4.69, 9.17) is 23.2 Å². The first-order valence-corrected chi connectivity index (χ1v) is 7.55. The Labute approximate surface area is 125 Å². The van der Waals surface area contributed by atoms with Gasteiger partial charge in [0.1, 0.15) is 11.0 Å². The van der Waals surface area contributed by atoms with Crippen LogP contribution >= 0.6 is 50.9 Å². The number of aromatic nitrogens is 2. The molecule has 8 heteroatoms. The third-order valence-electron chi connectivity index (χ3n) is 2.83. The van der Waals surface area contributed by atoms with Crippen LogP contribution in [0.5, 0.6) is 0 Å². The van der Waals surface area contributed by atoms with Gasteiger partial charge in [0.2, 0.25) is 5.91 Å². The Morgan fingerprint density at radius 2 is 2.06 bits per heavy atom. The van der Waals surface area contributed by atoms with Gasteiger partial charge >= 0.3 is 0 Å². The van der Waals surface area contributed by atoms with Crippen LogP contribution in [0.15, 0.2) is 6.07 Å². The Bertz CT molecular complexity index is 647. The number of hydrogen-bond acceptors (Lipinski definition) is 4. The fourth-order valence-electron chi connectivity index (χ4n) is 1.99. The molecule has 1 aliphatic rings. The van der Waals surface area contributed by atoms with Crippen LogP contribution in [0, 0.1) is 0 Å². The Kier molecular flexibility index (Phi) is 3.21. The van der Waals surface area contributed by atoms with Crippen molar-refractivity contribution in [3.63, 3.8) is 0 Å². The number of alkyl halides is 1. The lowest BCUT2D eigenvalue weighted by Crippen LogP contribution is -2.27. The van der Waals surface area contributed by atoms with Gasteiger partial charge in [-0.05, 0) is 12.5 Å². The first-order chi connectivity index (χ1) is 8.59. The summed E-state index contributed by atoms with van der Waals surface area (Å²) in [5.74, 6) is -0.00600. The third-order valence-corrected chi connectivity index (χ3v) is 4.78. The van der Waals surface area contributed by atoms with Crippen molar-refractivity contribution < 1.29 is 4.79 Å². The average molecular weight is 367 g/mol. The van der Waals surface area contributed by atoms with Crippen LogP contribution in [0.4, 0.5) is 5.69 Å². The summed E-state index contributed by atoms with van der Waals surface area (Å²) in [5, 5.41) is 0.879. The maximum Gasteiger partial charge on any atom is 0.240 e. The summed E-state index contributed by atoms with van der Waals surface area (Å²) in [6, 6.07) is 1.61. The quantitative estimate of drug-likeness (QED) is 0.725. The Morgan fingerprint density at radius 1 is 1.33 bits per heavy atom. The lowest BCUT2D eigenvalue weighted by Gasteiger charge is -2.18. The van der Waals surface area contributed by atoms with E-state index in [1.54, 1.807) is 11.0 Å². The molecule has 0 aliphatic carbocycles. The molecule has 1 amide bonds. The molecule has 0 bridgehead atoms. The molecule has 1 saturated heterocycles. The SMILES string of the molecule is O=C1C(Br)CCN1c1c(Cl)cc(Cl)c2nsnc12. The van der Waals surface area contributed by atoms with Gasteiger partial charge in [-0.1, -0.05) is 39.1 Å². The van der Waals surface area contributed by atoms with Gasteiger partial charge in [-0.25, -0.2) is 0 Å². The number of benzene rings is 1. The number of carbonyl (C=O) groups is 1. The lowest BCUT2D eigenvalue weighted by atomic mass is 10.2. The minimum absolute atomic E-state index is 0.00600. The van der Waals surface area contributed by atoms with E-state index in [-0.39, 0.29) is 10.7 Å². The zero-order valence-electron chi connectivity index (χ0n) is 8.86. The molecule has 1 aromatic carbocycles. The molecule has 0 N–H and O–H groups in total. The molecule has 0 saturated carbocycles. The van der Waals surface area contributed by atoms with Crippen LogP contribution in [0.3, 0.4) is 0 Å². The second-order valence-electron chi connectivity index (χ2n) is 3.90. The minimum atomic E-state index is -0.161. The molecule has 3 rings (SSSR count). The van der Waals surface area contributed by atoms with Crippen LogP contribution in [0.1, 0.15) is 6.42 Å². The highest BCUT2D eigenvalue weighted by molar-refractivity contribution is 9.10. The largest absolute Gasteiger partial charge is 0.308 e. The number of hydrogen-bond donors (Lipinski definition) is 0. The van der Waals surface area contributed by atoms with Gasteiger partial charge in [0.25, 0.3) is 0 Å². The molecular weight excluding hydrogens is 361 g/mol. The van der Waals surface area contributed by atoms with Gasteiger partial charge in [0.05, 0.1) is 32.3 Å². The second-order valence-corrected chi connectivity index (χ2v) is 6.34. The van der Waals surface area contributed by atoms with Gasteiger partial charge in [-0.2, -0.15) is 8.75 Å². The van der Waals surface area contributed by atoms with Gasteiger partial charge in [-0.3, -0.25) is 4.79 Å². The normalized spacial score (nSPS) is 20.1. The Hall–Kier alpha value is -0.430. The molecule has 1 fully saturated rings. The van der Waals surface area contributed by atoms with E-state index >= 15 is 0 Å². The summed E-state index contributed by atoms with van der Waals surface area (Å²) < 4.78 is 8.32. The summed E-state index contributed by atoms with van der Waals surface area (Å²) in [4.78, 5) is 13.5. The van der Waals surface area contributed by atoms with Crippen molar-refractivity contribution >= 4 is 73.5 Å². The predicted octanol–water partition coefficient (Wildman–Crippen LogP) is 3.50. The van der Waals surface area contributed by atoms with Gasteiger partial charge in [-0.15, -0.1) is 0 Å². The van der Waals surface area contributed by atoms with Crippen molar-refractivity contribution in [1.82, 2.24) is 8.75 Å². The van der Waals surface area contributed by atoms with E-state index in [0.29, 0.717) is 33.3 Å². The van der Waals surface area contributed by atoms with Gasteiger partial charge in [0.15, 0.2) is 0 Å². The Morgan fingerprint density at radius 3 is 2.72 bits per heavy atom. The zero-order chi connectivity index (χ0) is 12.9. The summed E-state index contributed by atoms with van der Waals surface area (Å²) >= 11 is 16.7. The van der Waals surface area contributed by atoms with Crippen LogP contribution in [-0.2, 0) is 4.79 Å². The van der Waals surface area contributed by atoms with Crippen molar-refractivity contribution in [2.45, 2.75) is 11.2 Å².